The van der Waals surface area contributed by atoms with Gasteiger partial charge in [0.1, 0.15) is 5.75 Å². The van der Waals surface area contributed by atoms with Crippen molar-refractivity contribution in [2.45, 2.75) is 56.6 Å². The van der Waals surface area contributed by atoms with Gasteiger partial charge in [0.15, 0.2) is 0 Å². The Morgan fingerprint density at radius 2 is 1.69 bits per heavy atom. The molecule has 1 atom stereocenters. The minimum absolute atomic E-state index is 0. The Balaban J connectivity index is 0.00000512. The van der Waals surface area contributed by atoms with Crippen LogP contribution in [-0.2, 0) is 11.3 Å². The Hall–Kier alpha value is -1.09. The first-order chi connectivity index (χ1) is 15.1. The number of unbranched alkanes of at least 4 members (excludes halogenated alkanes) is 3. The molecule has 5 nitrogen and oxygen atoms in total. The fourth-order valence-electron chi connectivity index (χ4n) is 3.21. The zero-order chi connectivity index (χ0) is 22.3. The summed E-state index contributed by atoms with van der Waals surface area (Å²) in [5.74, 6) is 1.14. The average Bonchev–Trinajstić information content (AvgIpc) is 2.78. The number of hydrogen-bond acceptors (Lipinski definition) is 6. The van der Waals surface area contributed by atoms with E-state index >= 15 is 0 Å². The predicted molar refractivity (Wildman–Crippen MR) is 138 cm³/mol. The number of aliphatic hydroxyl groups excluding tert-OH is 2. The van der Waals surface area contributed by atoms with Gasteiger partial charge >= 0.3 is 0 Å². The zero-order valence-corrected chi connectivity index (χ0v) is 21.5. The van der Waals surface area contributed by atoms with Gasteiger partial charge in [0, 0.05) is 36.0 Å². The number of nitrogens with one attached hydrogen (secondary N) is 1. The lowest BCUT2D eigenvalue weighted by atomic mass is 10.0. The molecular formula is C25H38BrNO4S. The van der Waals surface area contributed by atoms with Gasteiger partial charge in [0.25, 0.3) is 0 Å². The highest BCUT2D eigenvalue weighted by molar-refractivity contribution is 8.93. The highest BCUT2D eigenvalue weighted by Crippen LogP contribution is 2.25. The molecule has 2 aromatic carbocycles. The number of phenolic OH excluding ortho intramolecular Hbond substituents is 1. The lowest BCUT2D eigenvalue weighted by Crippen LogP contribution is -2.22. The molecule has 0 saturated carbocycles. The van der Waals surface area contributed by atoms with E-state index in [0.717, 1.165) is 57.6 Å². The first-order valence-electron chi connectivity index (χ1n) is 11.2. The maximum Gasteiger partial charge on any atom is 0.121 e. The van der Waals surface area contributed by atoms with E-state index in [2.05, 4.69) is 36.5 Å². The van der Waals surface area contributed by atoms with Crippen molar-refractivity contribution in [3.63, 3.8) is 0 Å². The third-order valence-electron chi connectivity index (χ3n) is 5.09. The summed E-state index contributed by atoms with van der Waals surface area (Å²) in [5, 5.41) is 32.5. The largest absolute Gasteiger partial charge is 0.508 e. The SMILES string of the molecule is Br.Cc1ccc(SCCCOCCCCCCNCC(O)c2cc(CO)ccc2O)cc1. The van der Waals surface area contributed by atoms with Crippen LogP contribution in [0.1, 0.15) is 54.9 Å². The van der Waals surface area contributed by atoms with Crippen LogP contribution >= 0.6 is 28.7 Å². The minimum atomic E-state index is -0.788. The van der Waals surface area contributed by atoms with Gasteiger partial charge in [-0.25, -0.2) is 0 Å². The molecule has 7 heteroatoms. The molecule has 0 aliphatic carbocycles. The smallest absolute Gasteiger partial charge is 0.121 e. The van der Waals surface area contributed by atoms with Crippen molar-refractivity contribution in [3.05, 3.63) is 59.2 Å². The van der Waals surface area contributed by atoms with Gasteiger partial charge in [-0.3, -0.25) is 0 Å². The Kier molecular flexibility index (Phi) is 15.7. The van der Waals surface area contributed by atoms with Crippen LogP contribution in [0.25, 0.3) is 0 Å². The van der Waals surface area contributed by atoms with E-state index in [9.17, 15) is 15.3 Å². The summed E-state index contributed by atoms with van der Waals surface area (Å²) < 4.78 is 5.73. The molecule has 0 amide bonds. The number of aryl methyl sites for hydroxylation is 1. The molecule has 0 aromatic heterocycles. The second-order valence-corrected chi connectivity index (χ2v) is 8.98. The van der Waals surface area contributed by atoms with E-state index in [1.807, 2.05) is 11.8 Å². The highest BCUT2D eigenvalue weighted by Gasteiger charge is 2.12. The maximum absolute atomic E-state index is 10.2. The number of hydrogen-bond donors (Lipinski definition) is 4. The summed E-state index contributed by atoms with van der Waals surface area (Å²) in [5.41, 5.74) is 2.43. The van der Waals surface area contributed by atoms with E-state index in [1.165, 1.54) is 16.5 Å². The van der Waals surface area contributed by atoms with Crippen molar-refractivity contribution in [2.24, 2.45) is 0 Å². The van der Waals surface area contributed by atoms with Gasteiger partial charge in [0.05, 0.1) is 12.7 Å². The molecule has 1 unspecified atom stereocenters. The lowest BCUT2D eigenvalue weighted by Gasteiger charge is -2.14. The molecule has 0 spiro atoms. The van der Waals surface area contributed by atoms with Gasteiger partial charge in [-0.05, 0) is 62.6 Å². The van der Waals surface area contributed by atoms with Crippen LogP contribution < -0.4 is 5.32 Å². The number of halogens is 1. The minimum Gasteiger partial charge on any atom is -0.508 e. The monoisotopic (exact) mass is 527 g/mol. The molecule has 180 valence electrons. The summed E-state index contributed by atoms with van der Waals surface area (Å²) in [7, 11) is 0. The normalized spacial score (nSPS) is 11.8. The summed E-state index contributed by atoms with van der Waals surface area (Å²) in [6, 6.07) is 13.5. The second-order valence-electron chi connectivity index (χ2n) is 7.81. The van der Waals surface area contributed by atoms with Crippen molar-refractivity contribution in [2.75, 3.05) is 32.1 Å². The molecule has 2 rings (SSSR count). The fraction of sp³-hybridized carbons (Fsp3) is 0.520. The summed E-state index contributed by atoms with van der Waals surface area (Å²) >= 11 is 1.88. The molecular weight excluding hydrogens is 490 g/mol. The van der Waals surface area contributed by atoms with Gasteiger partial charge < -0.3 is 25.4 Å². The zero-order valence-electron chi connectivity index (χ0n) is 19.0. The Morgan fingerprint density at radius 3 is 2.44 bits per heavy atom. The predicted octanol–water partition coefficient (Wildman–Crippen LogP) is 5.15. The van der Waals surface area contributed by atoms with Crippen molar-refractivity contribution in [1.82, 2.24) is 5.32 Å². The van der Waals surface area contributed by atoms with Gasteiger partial charge in [-0.15, -0.1) is 28.7 Å². The fourth-order valence-corrected chi connectivity index (χ4v) is 4.04. The molecule has 0 radical (unpaired) electrons. The Bertz CT molecular complexity index is 745. The molecule has 0 fully saturated rings. The first kappa shape index (κ1) is 28.9. The summed E-state index contributed by atoms with van der Waals surface area (Å²) in [6.45, 7) is 4.85. The quantitative estimate of drug-likeness (QED) is 0.178. The van der Waals surface area contributed by atoms with Crippen LogP contribution in [0.4, 0.5) is 0 Å². The standard InChI is InChI=1S/C25H37NO4S.BrH/c1-20-7-10-22(11-8-20)31-16-6-15-30-14-5-3-2-4-13-26-18-25(29)23-17-21(19-27)9-12-24(23)28;/h7-12,17,25-29H,2-6,13-16,18-19H2,1H3;1H. The van der Waals surface area contributed by atoms with Crippen LogP contribution in [0, 0.1) is 6.92 Å². The van der Waals surface area contributed by atoms with Gasteiger partial charge in [0.2, 0.25) is 0 Å². The number of aliphatic hydroxyl groups is 2. The number of aromatic hydroxyl groups is 1. The number of thioether (sulfide) groups is 1. The topological polar surface area (TPSA) is 82.0 Å². The number of phenols is 1. The average molecular weight is 529 g/mol. The molecule has 0 bridgehead atoms. The van der Waals surface area contributed by atoms with Crippen molar-refractivity contribution >= 4 is 28.7 Å². The third-order valence-corrected chi connectivity index (χ3v) is 6.18. The lowest BCUT2D eigenvalue weighted by molar-refractivity contribution is 0.131. The van der Waals surface area contributed by atoms with Crippen LogP contribution in [-0.4, -0.2) is 47.4 Å². The summed E-state index contributed by atoms with van der Waals surface area (Å²) in [6.07, 6.45) is 4.67. The molecule has 2 aromatic rings. The Morgan fingerprint density at radius 1 is 0.969 bits per heavy atom. The highest BCUT2D eigenvalue weighted by atomic mass is 79.9. The molecule has 0 aliphatic rings. The summed E-state index contributed by atoms with van der Waals surface area (Å²) in [4.78, 5) is 1.32. The number of ether oxygens (including phenoxy) is 1. The van der Waals surface area contributed by atoms with Crippen molar-refractivity contribution in [1.29, 1.82) is 0 Å². The van der Waals surface area contributed by atoms with Crippen LogP contribution in [0.5, 0.6) is 5.75 Å². The third kappa shape index (κ3) is 11.7. The van der Waals surface area contributed by atoms with Crippen LogP contribution in [0.15, 0.2) is 47.4 Å². The second kappa shape index (κ2) is 17.4. The van der Waals surface area contributed by atoms with E-state index in [0.29, 0.717) is 17.7 Å². The molecule has 0 heterocycles. The van der Waals surface area contributed by atoms with E-state index < -0.39 is 6.10 Å². The van der Waals surface area contributed by atoms with E-state index in [-0.39, 0.29) is 29.3 Å². The van der Waals surface area contributed by atoms with Crippen LogP contribution in [0.2, 0.25) is 0 Å². The maximum atomic E-state index is 10.2. The number of rotatable bonds is 16. The molecule has 0 aliphatic heterocycles. The number of benzene rings is 2. The van der Waals surface area contributed by atoms with Gasteiger partial charge in [-0.1, -0.05) is 36.6 Å². The Labute approximate surface area is 207 Å². The van der Waals surface area contributed by atoms with Gasteiger partial charge in [-0.2, -0.15) is 0 Å². The molecule has 0 saturated heterocycles. The van der Waals surface area contributed by atoms with E-state index in [4.69, 9.17) is 4.74 Å². The molecule has 32 heavy (non-hydrogen) atoms. The van der Waals surface area contributed by atoms with Crippen LogP contribution in [0.3, 0.4) is 0 Å². The van der Waals surface area contributed by atoms with E-state index in [1.54, 1.807) is 12.1 Å². The van der Waals surface area contributed by atoms with Crippen molar-refractivity contribution < 1.29 is 20.1 Å². The first-order valence-corrected chi connectivity index (χ1v) is 12.2. The molecule has 4 N–H and O–H groups in total. The van der Waals surface area contributed by atoms with Crippen molar-refractivity contribution in [3.8, 4) is 5.75 Å².